The summed E-state index contributed by atoms with van der Waals surface area (Å²) in [5.74, 6) is -0.552. The number of nitrogens with zero attached hydrogens (tertiary/aromatic N) is 4. The van der Waals surface area contributed by atoms with E-state index in [2.05, 4.69) is 10.3 Å². The molecule has 1 N–H and O–H groups in total. The van der Waals surface area contributed by atoms with Crippen LogP contribution in [-0.2, 0) is 26.7 Å². The Kier molecular flexibility index (Phi) is 6.29. The van der Waals surface area contributed by atoms with E-state index in [1.54, 1.807) is 18.5 Å². The molecule has 0 aromatic carbocycles. The third-order valence-electron chi connectivity index (χ3n) is 4.89. The zero-order valence-corrected chi connectivity index (χ0v) is 17.3. The molecule has 1 amide bonds. The number of amides is 1. The van der Waals surface area contributed by atoms with E-state index in [1.165, 1.54) is 22.2 Å². The summed E-state index contributed by atoms with van der Waals surface area (Å²) in [4.78, 5) is 55.7. The van der Waals surface area contributed by atoms with Crippen LogP contribution in [0.3, 0.4) is 0 Å². The van der Waals surface area contributed by atoms with Gasteiger partial charge in [0, 0.05) is 45.1 Å². The minimum atomic E-state index is -0.564. The quantitative estimate of drug-likeness (QED) is 0.624. The van der Waals surface area contributed by atoms with E-state index in [0.29, 0.717) is 19.4 Å². The van der Waals surface area contributed by atoms with E-state index in [-0.39, 0.29) is 29.7 Å². The number of hydrogen-bond acceptors (Lipinski definition) is 5. The second-order valence-electron chi connectivity index (χ2n) is 7.09. The second kappa shape index (κ2) is 8.89. The lowest BCUT2D eigenvalue weighted by Gasteiger charge is -2.17. The molecule has 3 aromatic rings. The highest BCUT2D eigenvalue weighted by Gasteiger charge is 2.22. The van der Waals surface area contributed by atoms with Crippen LogP contribution in [0.15, 0.2) is 45.0 Å². The second-order valence-corrected chi connectivity index (χ2v) is 7.09. The van der Waals surface area contributed by atoms with Crippen LogP contribution < -0.4 is 22.1 Å². The van der Waals surface area contributed by atoms with Crippen LogP contribution in [0.2, 0.25) is 0 Å². The van der Waals surface area contributed by atoms with Crippen molar-refractivity contribution in [2.24, 2.45) is 7.05 Å². The van der Waals surface area contributed by atoms with Crippen molar-refractivity contribution in [1.29, 1.82) is 0 Å². The Morgan fingerprint density at radius 3 is 2.43 bits per heavy atom. The molecule has 0 aliphatic heterocycles. The molecule has 0 bridgehead atoms. The number of aromatic nitrogens is 4. The summed E-state index contributed by atoms with van der Waals surface area (Å²) in [6.07, 6.45) is 4.46. The molecule has 30 heavy (non-hydrogen) atoms. The van der Waals surface area contributed by atoms with E-state index < -0.39 is 22.7 Å². The normalized spacial score (nSPS) is 11.0. The molecule has 9 nitrogen and oxygen atoms in total. The van der Waals surface area contributed by atoms with Gasteiger partial charge < -0.3 is 5.32 Å². The lowest BCUT2D eigenvalue weighted by molar-refractivity contribution is 0.0952. The van der Waals surface area contributed by atoms with Crippen molar-refractivity contribution >= 4 is 16.9 Å². The Morgan fingerprint density at radius 1 is 1.10 bits per heavy atom. The van der Waals surface area contributed by atoms with Crippen LogP contribution in [0.4, 0.5) is 0 Å². The van der Waals surface area contributed by atoms with Gasteiger partial charge in [-0.1, -0.05) is 19.9 Å². The summed E-state index contributed by atoms with van der Waals surface area (Å²) in [7, 11) is 1.51. The summed E-state index contributed by atoms with van der Waals surface area (Å²) in [6, 6.07) is 4.74. The molecule has 0 saturated heterocycles. The average molecular weight is 411 g/mol. The van der Waals surface area contributed by atoms with Crippen LogP contribution in [0.25, 0.3) is 11.0 Å². The smallest absolute Gasteiger partial charge is 0.332 e. The first kappa shape index (κ1) is 21.2. The van der Waals surface area contributed by atoms with Gasteiger partial charge in [0.1, 0.15) is 5.65 Å². The monoisotopic (exact) mass is 411 g/mol. The first-order chi connectivity index (χ1) is 14.4. The fraction of sp³-hybridized carbons (Fsp3) is 0.381. The molecule has 0 unspecified atom stereocenters. The number of pyridine rings is 2. The Hall–Kier alpha value is -3.49. The lowest BCUT2D eigenvalue weighted by Crippen LogP contribution is -2.42. The Balaban J connectivity index is 2.24. The van der Waals surface area contributed by atoms with E-state index in [9.17, 15) is 19.2 Å². The summed E-state index contributed by atoms with van der Waals surface area (Å²) in [5.41, 5.74) is -0.587. The number of hydrogen-bond donors (Lipinski definition) is 1. The molecular weight excluding hydrogens is 386 g/mol. The maximum atomic E-state index is 13.2. The molecule has 0 aliphatic rings. The Bertz CT molecular complexity index is 1250. The van der Waals surface area contributed by atoms with Crippen molar-refractivity contribution in [3.05, 3.63) is 72.9 Å². The summed E-state index contributed by atoms with van der Waals surface area (Å²) >= 11 is 0. The molecular formula is C21H25N5O4. The molecule has 3 rings (SSSR count). The van der Waals surface area contributed by atoms with E-state index in [0.717, 1.165) is 10.1 Å². The summed E-state index contributed by atoms with van der Waals surface area (Å²) in [5, 5.41) is 2.81. The van der Waals surface area contributed by atoms with Gasteiger partial charge >= 0.3 is 5.69 Å². The topological polar surface area (TPSA) is 108 Å². The zero-order chi connectivity index (χ0) is 21.8. The van der Waals surface area contributed by atoms with Crippen molar-refractivity contribution in [3.63, 3.8) is 0 Å². The number of carbonyl (C=O) groups excluding carboxylic acids is 1. The van der Waals surface area contributed by atoms with Gasteiger partial charge in [-0.2, -0.15) is 0 Å². The van der Waals surface area contributed by atoms with Crippen LogP contribution in [0.5, 0.6) is 0 Å². The first-order valence-electron chi connectivity index (χ1n) is 9.95. The Morgan fingerprint density at radius 2 is 1.80 bits per heavy atom. The van der Waals surface area contributed by atoms with Gasteiger partial charge in [-0.25, -0.2) is 4.79 Å². The molecule has 3 aromatic heterocycles. The van der Waals surface area contributed by atoms with Crippen LogP contribution in [-0.4, -0.2) is 24.6 Å². The van der Waals surface area contributed by atoms with Gasteiger partial charge in [-0.05, 0) is 24.5 Å². The van der Waals surface area contributed by atoms with Crippen molar-refractivity contribution in [2.75, 3.05) is 0 Å². The van der Waals surface area contributed by atoms with E-state index in [1.807, 2.05) is 19.9 Å². The molecule has 0 saturated carbocycles. The standard InChI is InChI=1S/C21H25N5O4/c1-4-9-25-16(27)11-15(18(28)23-13-14-7-6-8-22-12-14)17-19(25)24(3)21(30)26(10-5-2)20(17)29/h6-8,11-12H,4-5,9-10,13H2,1-3H3,(H,23,28). The highest BCUT2D eigenvalue weighted by Crippen LogP contribution is 2.13. The summed E-state index contributed by atoms with van der Waals surface area (Å²) in [6.45, 7) is 4.50. The largest absolute Gasteiger partial charge is 0.348 e. The van der Waals surface area contributed by atoms with Gasteiger partial charge in [0.2, 0.25) is 0 Å². The molecule has 0 aliphatic carbocycles. The van der Waals surface area contributed by atoms with Crippen LogP contribution in [0, 0.1) is 0 Å². The maximum Gasteiger partial charge on any atom is 0.332 e. The molecule has 0 fully saturated rings. The minimum Gasteiger partial charge on any atom is -0.348 e. The maximum absolute atomic E-state index is 13.2. The highest BCUT2D eigenvalue weighted by molar-refractivity contribution is 6.05. The van der Waals surface area contributed by atoms with Crippen molar-refractivity contribution in [3.8, 4) is 0 Å². The lowest BCUT2D eigenvalue weighted by atomic mass is 10.1. The predicted molar refractivity (Wildman–Crippen MR) is 114 cm³/mol. The number of aryl methyl sites for hydroxylation is 2. The molecule has 3 heterocycles. The van der Waals surface area contributed by atoms with Gasteiger partial charge in [-0.15, -0.1) is 0 Å². The van der Waals surface area contributed by atoms with Gasteiger partial charge in [0.15, 0.2) is 0 Å². The van der Waals surface area contributed by atoms with E-state index >= 15 is 0 Å². The molecule has 9 heteroatoms. The fourth-order valence-electron chi connectivity index (χ4n) is 3.51. The molecule has 158 valence electrons. The minimum absolute atomic E-state index is 0.0308. The molecule has 0 atom stereocenters. The van der Waals surface area contributed by atoms with Crippen LogP contribution >= 0.6 is 0 Å². The predicted octanol–water partition coefficient (Wildman–Crippen LogP) is 1.01. The first-order valence-corrected chi connectivity index (χ1v) is 9.95. The number of nitrogens with one attached hydrogen (secondary N) is 1. The average Bonchev–Trinajstić information content (AvgIpc) is 2.75. The van der Waals surface area contributed by atoms with Gasteiger partial charge in [-0.3, -0.25) is 33.1 Å². The number of carbonyl (C=O) groups is 1. The molecule has 0 radical (unpaired) electrons. The summed E-state index contributed by atoms with van der Waals surface area (Å²) < 4.78 is 3.77. The number of rotatable bonds is 7. The fourth-order valence-corrected chi connectivity index (χ4v) is 3.51. The third kappa shape index (κ3) is 3.83. The van der Waals surface area contributed by atoms with Gasteiger partial charge in [0.25, 0.3) is 17.0 Å². The molecule has 0 spiro atoms. The van der Waals surface area contributed by atoms with Crippen molar-refractivity contribution in [1.82, 2.24) is 24.0 Å². The highest BCUT2D eigenvalue weighted by atomic mass is 16.2. The Labute approximate surface area is 172 Å². The van der Waals surface area contributed by atoms with Gasteiger partial charge in [0.05, 0.1) is 10.9 Å². The van der Waals surface area contributed by atoms with Crippen molar-refractivity contribution < 1.29 is 4.79 Å². The zero-order valence-electron chi connectivity index (χ0n) is 17.3. The third-order valence-corrected chi connectivity index (χ3v) is 4.89. The number of fused-ring (bicyclic) bond motifs is 1. The van der Waals surface area contributed by atoms with Crippen LogP contribution in [0.1, 0.15) is 42.6 Å². The van der Waals surface area contributed by atoms with Crippen molar-refractivity contribution in [2.45, 2.75) is 46.3 Å². The SMILES string of the molecule is CCCn1c(=O)c2c(C(=O)NCc3cccnc3)cc(=O)n(CCC)c2n(C)c1=O. The van der Waals surface area contributed by atoms with E-state index in [4.69, 9.17) is 0 Å².